The van der Waals surface area contributed by atoms with Crippen LogP contribution in [0.25, 0.3) is 10.8 Å². The highest BCUT2D eigenvalue weighted by Crippen LogP contribution is 2.24. The van der Waals surface area contributed by atoms with Gasteiger partial charge in [0.15, 0.2) is 18.3 Å². The van der Waals surface area contributed by atoms with Crippen molar-refractivity contribution in [3.8, 4) is 17.2 Å². The number of nitrogens with one attached hydrogen (secondary N) is 3. The molecule has 3 aromatic carbocycles. The first-order chi connectivity index (χ1) is 15.0. The molecule has 160 valence electrons. The third kappa shape index (κ3) is 6.58. The zero-order chi connectivity index (χ0) is 22.1. The second-order valence-corrected chi connectivity index (χ2v) is 6.69. The Morgan fingerprint density at radius 2 is 1.48 bits per heavy atom. The lowest BCUT2D eigenvalue weighted by Gasteiger charge is -2.12. The average Bonchev–Trinajstić information content (AvgIpc) is 2.80. The molecule has 0 aliphatic rings. The van der Waals surface area contributed by atoms with Crippen LogP contribution >= 0.6 is 12.2 Å². The predicted molar refractivity (Wildman–Crippen MR) is 120 cm³/mol. The van der Waals surface area contributed by atoms with E-state index in [1.807, 2.05) is 36.4 Å². The summed E-state index contributed by atoms with van der Waals surface area (Å²) in [6.45, 7) is -0.468. The molecule has 0 saturated carbocycles. The van der Waals surface area contributed by atoms with E-state index >= 15 is 0 Å². The van der Waals surface area contributed by atoms with Crippen LogP contribution in [-0.4, -0.2) is 37.3 Å². The van der Waals surface area contributed by atoms with Gasteiger partial charge in [-0.15, -0.1) is 0 Å². The lowest BCUT2D eigenvalue weighted by atomic mass is 10.1. The van der Waals surface area contributed by atoms with Gasteiger partial charge in [0.25, 0.3) is 11.8 Å². The summed E-state index contributed by atoms with van der Waals surface area (Å²) in [6, 6.07) is 20.1. The van der Waals surface area contributed by atoms with Crippen molar-refractivity contribution in [2.45, 2.75) is 0 Å². The van der Waals surface area contributed by atoms with Crippen LogP contribution in [0.3, 0.4) is 0 Å². The maximum absolute atomic E-state index is 12.0. The van der Waals surface area contributed by atoms with Gasteiger partial charge in [-0.1, -0.05) is 36.4 Å². The Balaban J connectivity index is 1.37. The van der Waals surface area contributed by atoms with Crippen molar-refractivity contribution in [3.05, 3.63) is 66.7 Å². The van der Waals surface area contributed by atoms with Crippen molar-refractivity contribution >= 4 is 39.9 Å². The fraction of sp³-hybridized carbons (Fsp3) is 0.136. The Morgan fingerprint density at radius 1 is 0.806 bits per heavy atom. The number of hydrazine groups is 1. The maximum atomic E-state index is 12.0. The zero-order valence-electron chi connectivity index (χ0n) is 16.7. The fourth-order valence-corrected chi connectivity index (χ4v) is 2.81. The SMILES string of the molecule is COc1ccc(OCC(=O)NC(=S)NNC(=O)COc2cccc3ccccc23)cc1. The number of benzene rings is 3. The number of methoxy groups -OCH3 is 1. The molecule has 3 aromatic rings. The van der Waals surface area contributed by atoms with E-state index in [2.05, 4.69) is 16.2 Å². The zero-order valence-corrected chi connectivity index (χ0v) is 17.5. The summed E-state index contributed by atoms with van der Waals surface area (Å²) in [4.78, 5) is 23.9. The number of hydrogen-bond acceptors (Lipinski definition) is 6. The van der Waals surface area contributed by atoms with E-state index < -0.39 is 11.8 Å². The minimum Gasteiger partial charge on any atom is -0.497 e. The van der Waals surface area contributed by atoms with Crippen molar-refractivity contribution in [1.29, 1.82) is 0 Å². The molecule has 9 heteroatoms. The molecule has 0 spiro atoms. The molecule has 0 saturated heterocycles. The normalized spacial score (nSPS) is 10.1. The highest BCUT2D eigenvalue weighted by molar-refractivity contribution is 7.80. The number of thiocarbonyl (C=S) groups is 1. The predicted octanol–water partition coefficient (Wildman–Crippen LogP) is 2.33. The topological polar surface area (TPSA) is 97.9 Å². The molecule has 0 radical (unpaired) electrons. The third-order valence-electron chi connectivity index (χ3n) is 4.11. The van der Waals surface area contributed by atoms with Gasteiger partial charge in [-0.05, 0) is 47.9 Å². The monoisotopic (exact) mass is 439 g/mol. The van der Waals surface area contributed by atoms with Crippen molar-refractivity contribution in [2.24, 2.45) is 0 Å². The molecule has 0 unspecified atom stereocenters. The van der Waals surface area contributed by atoms with E-state index in [4.69, 9.17) is 26.4 Å². The van der Waals surface area contributed by atoms with Crippen LogP contribution in [0.4, 0.5) is 0 Å². The van der Waals surface area contributed by atoms with Gasteiger partial charge in [0.1, 0.15) is 17.2 Å². The van der Waals surface area contributed by atoms with Gasteiger partial charge in [-0.25, -0.2) is 0 Å². The van der Waals surface area contributed by atoms with E-state index in [1.165, 1.54) is 0 Å². The summed E-state index contributed by atoms with van der Waals surface area (Å²) in [5.74, 6) is 0.851. The molecule has 31 heavy (non-hydrogen) atoms. The number of carbonyl (C=O) groups is 2. The Bertz CT molecular complexity index is 1070. The van der Waals surface area contributed by atoms with E-state index in [0.29, 0.717) is 17.2 Å². The largest absolute Gasteiger partial charge is 0.497 e. The molecule has 0 fully saturated rings. The van der Waals surface area contributed by atoms with Crippen LogP contribution < -0.4 is 30.4 Å². The molecule has 8 nitrogen and oxygen atoms in total. The highest BCUT2D eigenvalue weighted by atomic mass is 32.1. The second-order valence-electron chi connectivity index (χ2n) is 6.28. The number of ether oxygens (including phenoxy) is 3. The second kappa shape index (κ2) is 10.8. The van der Waals surface area contributed by atoms with Crippen molar-refractivity contribution in [3.63, 3.8) is 0 Å². The van der Waals surface area contributed by atoms with Crippen LogP contribution in [0.5, 0.6) is 17.2 Å². The average molecular weight is 439 g/mol. The molecule has 0 aliphatic heterocycles. The third-order valence-corrected chi connectivity index (χ3v) is 4.31. The van der Waals surface area contributed by atoms with Gasteiger partial charge in [0, 0.05) is 5.39 Å². The van der Waals surface area contributed by atoms with Crippen LogP contribution in [0.1, 0.15) is 0 Å². The van der Waals surface area contributed by atoms with E-state index in [9.17, 15) is 9.59 Å². The molecule has 0 bridgehead atoms. The molecule has 0 aliphatic carbocycles. The Kier molecular flexibility index (Phi) is 7.61. The minimum absolute atomic E-state index is 0.0677. The molecule has 0 atom stereocenters. The van der Waals surface area contributed by atoms with E-state index in [0.717, 1.165) is 10.8 Å². The first-order valence-electron chi connectivity index (χ1n) is 9.31. The number of rotatable bonds is 7. The Morgan fingerprint density at radius 3 is 2.26 bits per heavy atom. The van der Waals surface area contributed by atoms with Gasteiger partial charge in [0.05, 0.1) is 7.11 Å². The summed E-state index contributed by atoms with van der Waals surface area (Å²) < 4.78 is 16.0. The first-order valence-corrected chi connectivity index (χ1v) is 9.72. The van der Waals surface area contributed by atoms with Gasteiger partial charge in [-0.3, -0.25) is 25.8 Å². The Labute approximate surface area is 184 Å². The molecule has 3 rings (SSSR count). The molecular formula is C22H21N3O5S. The number of carbonyl (C=O) groups excluding carboxylic acids is 2. The quantitative estimate of drug-likeness (QED) is 0.384. The maximum Gasteiger partial charge on any atom is 0.276 e. The minimum atomic E-state index is -0.477. The summed E-state index contributed by atoms with van der Waals surface area (Å²) in [5, 5.41) is 4.26. The van der Waals surface area contributed by atoms with Crippen molar-refractivity contribution < 1.29 is 23.8 Å². The smallest absolute Gasteiger partial charge is 0.276 e. The van der Waals surface area contributed by atoms with Crippen LogP contribution in [0.15, 0.2) is 66.7 Å². The molecule has 0 aromatic heterocycles. The van der Waals surface area contributed by atoms with Gasteiger partial charge >= 0.3 is 0 Å². The van der Waals surface area contributed by atoms with Gasteiger partial charge in [-0.2, -0.15) is 0 Å². The molecular weight excluding hydrogens is 418 g/mol. The summed E-state index contributed by atoms with van der Waals surface area (Å²) in [7, 11) is 1.56. The lowest BCUT2D eigenvalue weighted by molar-refractivity contribution is -0.124. The molecule has 0 heterocycles. The van der Waals surface area contributed by atoms with Crippen LogP contribution in [-0.2, 0) is 9.59 Å². The van der Waals surface area contributed by atoms with E-state index in [-0.39, 0.29) is 18.3 Å². The van der Waals surface area contributed by atoms with Crippen molar-refractivity contribution in [2.75, 3.05) is 20.3 Å². The van der Waals surface area contributed by atoms with Gasteiger partial charge in [0.2, 0.25) is 0 Å². The Hall–Kier alpha value is -3.85. The summed E-state index contributed by atoms with van der Waals surface area (Å²) in [6.07, 6.45) is 0. The number of amides is 2. The summed E-state index contributed by atoms with van der Waals surface area (Å²) in [5.41, 5.74) is 4.82. The lowest BCUT2D eigenvalue weighted by Crippen LogP contribution is -2.50. The number of fused-ring (bicyclic) bond motifs is 1. The first kappa shape index (κ1) is 21.8. The van der Waals surface area contributed by atoms with Crippen molar-refractivity contribution in [1.82, 2.24) is 16.2 Å². The van der Waals surface area contributed by atoms with Crippen LogP contribution in [0.2, 0.25) is 0 Å². The van der Waals surface area contributed by atoms with E-state index in [1.54, 1.807) is 37.4 Å². The van der Waals surface area contributed by atoms with Crippen LogP contribution in [0, 0.1) is 0 Å². The highest BCUT2D eigenvalue weighted by Gasteiger charge is 2.09. The van der Waals surface area contributed by atoms with Gasteiger partial charge < -0.3 is 14.2 Å². The standard InChI is InChI=1S/C22H21N3O5S/c1-28-16-9-11-17(12-10-16)29-13-20(26)23-22(31)25-24-21(27)14-30-19-8-4-6-15-5-2-3-7-18(15)19/h2-12H,13-14H2,1H3,(H,24,27)(H2,23,25,26,31). The fourth-order valence-electron chi connectivity index (χ4n) is 2.64. The molecule has 2 amide bonds. The molecule has 3 N–H and O–H groups in total. The number of hydrogen-bond donors (Lipinski definition) is 3. The summed E-state index contributed by atoms with van der Waals surface area (Å²) >= 11 is 4.98.